The molecule has 21 heavy (non-hydrogen) atoms. The summed E-state index contributed by atoms with van der Waals surface area (Å²) in [5, 5.41) is 2.74. The molecule has 3 N–H and O–H groups in total. The first-order valence-corrected chi connectivity index (χ1v) is 6.20. The van der Waals surface area contributed by atoms with Crippen LogP contribution < -0.4 is 20.5 Å². The molecule has 2 aromatic rings. The van der Waals surface area contributed by atoms with Gasteiger partial charge >= 0.3 is 0 Å². The van der Waals surface area contributed by atoms with Gasteiger partial charge < -0.3 is 20.5 Å². The van der Waals surface area contributed by atoms with Crippen LogP contribution in [0.5, 0.6) is 11.5 Å². The summed E-state index contributed by atoms with van der Waals surface area (Å²) in [6.07, 6.45) is 2.67. The van der Waals surface area contributed by atoms with Crippen molar-refractivity contribution in [2.75, 3.05) is 20.0 Å². The molecule has 1 amide bonds. The molecule has 1 aromatic carbocycles. The third-order valence-corrected chi connectivity index (χ3v) is 2.84. The number of hydrogen-bond acceptors (Lipinski definition) is 6. The molecular formula is C14H16N4O3. The summed E-state index contributed by atoms with van der Waals surface area (Å²) in [5.41, 5.74) is 6.46. The predicted octanol–water partition coefficient (Wildman–Crippen LogP) is 1.01. The summed E-state index contributed by atoms with van der Waals surface area (Å²) in [5.74, 6) is 1.26. The molecule has 0 fully saturated rings. The molecule has 0 aliphatic rings. The number of carbonyl (C=O) groups excluding carboxylic acids is 1. The molecule has 7 nitrogen and oxygen atoms in total. The largest absolute Gasteiger partial charge is 0.497 e. The number of anilines is 1. The standard InChI is InChI=1S/C14H16N4O3/c1-20-10-4-3-9(12(5-10)21-2)6-18-14(19)11-7-17-13(15)8-16-11/h3-5,7-8H,6H2,1-2H3,(H2,15,17)(H,18,19). The Morgan fingerprint density at radius 2 is 2.05 bits per heavy atom. The van der Waals surface area contributed by atoms with Crippen molar-refractivity contribution >= 4 is 11.7 Å². The van der Waals surface area contributed by atoms with E-state index in [0.29, 0.717) is 18.0 Å². The van der Waals surface area contributed by atoms with Crippen LogP contribution in [-0.2, 0) is 6.54 Å². The highest BCUT2D eigenvalue weighted by molar-refractivity contribution is 5.91. The number of carbonyl (C=O) groups is 1. The van der Waals surface area contributed by atoms with E-state index in [9.17, 15) is 4.79 Å². The van der Waals surface area contributed by atoms with Gasteiger partial charge in [0.2, 0.25) is 0 Å². The Bertz CT molecular complexity index is 629. The lowest BCUT2D eigenvalue weighted by Crippen LogP contribution is -2.24. The number of amides is 1. The number of rotatable bonds is 5. The minimum atomic E-state index is -0.333. The Kier molecular flexibility index (Phi) is 4.55. The van der Waals surface area contributed by atoms with Crippen LogP contribution in [0.3, 0.4) is 0 Å². The fourth-order valence-electron chi connectivity index (χ4n) is 1.72. The number of ether oxygens (including phenoxy) is 2. The van der Waals surface area contributed by atoms with Crippen LogP contribution in [0.4, 0.5) is 5.82 Å². The number of nitrogens with zero attached hydrogens (tertiary/aromatic N) is 2. The summed E-state index contributed by atoms with van der Waals surface area (Å²) in [4.78, 5) is 19.7. The molecule has 0 saturated heterocycles. The number of benzene rings is 1. The van der Waals surface area contributed by atoms with Crippen molar-refractivity contribution < 1.29 is 14.3 Å². The van der Waals surface area contributed by atoms with Crippen LogP contribution in [0, 0.1) is 0 Å². The molecule has 2 rings (SSSR count). The summed E-state index contributed by atoms with van der Waals surface area (Å²) < 4.78 is 10.4. The molecule has 0 spiro atoms. The molecule has 0 radical (unpaired) electrons. The van der Waals surface area contributed by atoms with E-state index in [1.807, 2.05) is 6.07 Å². The maximum absolute atomic E-state index is 11.9. The highest BCUT2D eigenvalue weighted by Crippen LogP contribution is 2.24. The third-order valence-electron chi connectivity index (χ3n) is 2.84. The molecular weight excluding hydrogens is 272 g/mol. The van der Waals surface area contributed by atoms with Crippen molar-refractivity contribution in [1.82, 2.24) is 15.3 Å². The normalized spacial score (nSPS) is 10.0. The maximum Gasteiger partial charge on any atom is 0.271 e. The van der Waals surface area contributed by atoms with Gasteiger partial charge in [0, 0.05) is 18.2 Å². The highest BCUT2D eigenvalue weighted by Gasteiger charge is 2.10. The minimum absolute atomic E-state index is 0.205. The molecule has 0 aliphatic heterocycles. The number of nitrogen functional groups attached to an aromatic ring is 1. The minimum Gasteiger partial charge on any atom is -0.497 e. The fourth-order valence-corrected chi connectivity index (χ4v) is 1.72. The molecule has 110 valence electrons. The number of hydrogen-bond donors (Lipinski definition) is 2. The van der Waals surface area contributed by atoms with Gasteiger partial charge in [-0.3, -0.25) is 4.79 Å². The molecule has 0 saturated carbocycles. The monoisotopic (exact) mass is 288 g/mol. The number of nitrogens with one attached hydrogen (secondary N) is 1. The second-order valence-electron chi connectivity index (χ2n) is 4.19. The molecule has 1 aromatic heterocycles. The highest BCUT2D eigenvalue weighted by atomic mass is 16.5. The van der Waals surface area contributed by atoms with Crippen LogP contribution >= 0.6 is 0 Å². The van der Waals surface area contributed by atoms with Crippen molar-refractivity contribution in [3.05, 3.63) is 41.9 Å². The van der Waals surface area contributed by atoms with Crippen molar-refractivity contribution in [1.29, 1.82) is 0 Å². The first-order valence-electron chi connectivity index (χ1n) is 6.20. The summed E-state index contributed by atoms with van der Waals surface area (Å²) in [7, 11) is 3.14. The molecule has 0 unspecified atom stereocenters. The van der Waals surface area contributed by atoms with Crippen molar-refractivity contribution in [3.8, 4) is 11.5 Å². The molecule has 0 aliphatic carbocycles. The average Bonchev–Trinajstić information content (AvgIpc) is 2.53. The predicted molar refractivity (Wildman–Crippen MR) is 77.2 cm³/mol. The zero-order valence-corrected chi connectivity index (χ0v) is 11.8. The van der Waals surface area contributed by atoms with Gasteiger partial charge in [-0.05, 0) is 12.1 Å². The fraction of sp³-hybridized carbons (Fsp3) is 0.214. The zero-order chi connectivity index (χ0) is 15.2. The van der Waals surface area contributed by atoms with Gasteiger partial charge in [0.05, 0.1) is 26.6 Å². The van der Waals surface area contributed by atoms with Gasteiger partial charge in [-0.25, -0.2) is 9.97 Å². The summed E-state index contributed by atoms with van der Waals surface area (Å²) in [6, 6.07) is 5.38. The second kappa shape index (κ2) is 6.56. The van der Waals surface area contributed by atoms with Gasteiger partial charge in [0.1, 0.15) is 23.0 Å². The Labute approximate surface area is 122 Å². The van der Waals surface area contributed by atoms with Crippen LogP contribution in [-0.4, -0.2) is 30.1 Å². The van der Waals surface area contributed by atoms with Crippen LogP contribution in [0.25, 0.3) is 0 Å². The lowest BCUT2D eigenvalue weighted by Gasteiger charge is -2.11. The number of nitrogens with two attached hydrogens (primary N) is 1. The van der Waals surface area contributed by atoms with E-state index < -0.39 is 0 Å². The van der Waals surface area contributed by atoms with E-state index in [-0.39, 0.29) is 17.4 Å². The van der Waals surface area contributed by atoms with Gasteiger partial charge in [-0.15, -0.1) is 0 Å². The Morgan fingerprint density at radius 3 is 2.67 bits per heavy atom. The molecule has 7 heteroatoms. The quantitative estimate of drug-likeness (QED) is 0.851. The van der Waals surface area contributed by atoms with E-state index in [2.05, 4.69) is 15.3 Å². The van der Waals surface area contributed by atoms with Crippen LogP contribution in [0.2, 0.25) is 0 Å². The van der Waals surface area contributed by atoms with E-state index in [1.165, 1.54) is 12.4 Å². The molecule has 0 bridgehead atoms. The van der Waals surface area contributed by atoms with Crippen molar-refractivity contribution in [2.24, 2.45) is 0 Å². The maximum atomic E-state index is 11.9. The van der Waals surface area contributed by atoms with Crippen molar-refractivity contribution in [3.63, 3.8) is 0 Å². The second-order valence-corrected chi connectivity index (χ2v) is 4.19. The van der Waals surface area contributed by atoms with E-state index in [4.69, 9.17) is 15.2 Å². The topological polar surface area (TPSA) is 99.4 Å². The van der Waals surface area contributed by atoms with Gasteiger partial charge in [-0.2, -0.15) is 0 Å². The number of aromatic nitrogens is 2. The zero-order valence-electron chi connectivity index (χ0n) is 11.8. The molecule has 0 atom stereocenters. The van der Waals surface area contributed by atoms with Crippen LogP contribution in [0.1, 0.15) is 16.1 Å². The Balaban J connectivity index is 2.05. The van der Waals surface area contributed by atoms with E-state index in [1.54, 1.807) is 26.4 Å². The first-order chi connectivity index (χ1) is 10.1. The first kappa shape index (κ1) is 14.6. The third kappa shape index (κ3) is 3.59. The van der Waals surface area contributed by atoms with E-state index in [0.717, 1.165) is 5.56 Å². The van der Waals surface area contributed by atoms with Gasteiger partial charge in [0.15, 0.2) is 0 Å². The van der Waals surface area contributed by atoms with Crippen LogP contribution in [0.15, 0.2) is 30.6 Å². The lowest BCUT2D eigenvalue weighted by atomic mass is 10.2. The summed E-state index contributed by atoms with van der Waals surface area (Å²) in [6.45, 7) is 0.304. The summed E-state index contributed by atoms with van der Waals surface area (Å²) >= 11 is 0. The SMILES string of the molecule is COc1ccc(CNC(=O)c2cnc(N)cn2)c(OC)c1. The Hall–Kier alpha value is -2.83. The van der Waals surface area contributed by atoms with Crippen molar-refractivity contribution in [2.45, 2.75) is 6.54 Å². The lowest BCUT2D eigenvalue weighted by molar-refractivity contribution is 0.0945. The van der Waals surface area contributed by atoms with Gasteiger partial charge in [0.25, 0.3) is 5.91 Å². The van der Waals surface area contributed by atoms with Gasteiger partial charge in [-0.1, -0.05) is 0 Å². The average molecular weight is 288 g/mol. The molecule has 1 heterocycles. The smallest absolute Gasteiger partial charge is 0.271 e. The number of methoxy groups -OCH3 is 2. The van der Waals surface area contributed by atoms with E-state index >= 15 is 0 Å². The Morgan fingerprint density at radius 1 is 1.24 bits per heavy atom.